The number of carbonyl (C=O) groups is 1. The maximum absolute atomic E-state index is 11.4. The number of nitrogens with one attached hydrogen (secondary N) is 2. The second kappa shape index (κ2) is 10.6. The molecule has 2 aromatic rings. The smallest absolute Gasteiger partial charge is 0.246 e. The van der Waals surface area contributed by atoms with Crippen molar-refractivity contribution in [3.05, 3.63) is 35.2 Å². The molecule has 0 spiro atoms. The van der Waals surface area contributed by atoms with Gasteiger partial charge < -0.3 is 20.1 Å². The number of hydrogen-bond acceptors (Lipinski definition) is 5. The minimum Gasteiger partial charge on any atom is -0.354 e. The van der Waals surface area contributed by atoms with Crippen molar-refractivity contribution < 1.29 is 9.32 Å². The number of benzene rings is 1. The predicted molar refractivity (Wildman–Crippen MR) is 119 cm³/mol. The molecule has 10 heteroatoms. The molecule has 1 saturated heterocycles. The summed E-state index contributed by atoms with van der Waals surface area (Å²) in [6, 6.07) is 7.54. The number of aliphatic imine (C=N–C) groups is 1. The fourth-order valence-electron chi connectivity index (χ4n) is 2.93. The lowest BCUT2D eigenvalue weighted by Gasteiger charge is -2.32. The summed E-state index contributed by atoms with van der Waals surface area (Å²) in [6.45, 7) is 3.50. The van der Waals surface area contributed by atoms with E-state index < -0.39 is 0 Å². The molecule has 1 aliphatic rings. The molecule has 0 radical (unpaired) electrons. The largest absolute Gasteiger partial charge is 0.354 e. The Morgan fingerprint density at radius 1 is 1.32 bits per heavy atom. The van der Waals surface area contributed by atoms with Crippen LogP contribution in [0.5, 0.6) is 0 Å². The maximum atomic E-state index is 11.4. The first-order chi connectivity index (χ1) is 13.0. The van der Waals surface area contributed by atoms with E-state index in [0.29, 0.717) is 29.2 Å². The number of likely N-dealkylation sites (tertiary alicyclic amines) is 1. The average Bonchev–Trinajstić information content (AvgIpc) is 3.15. The van der Waals surface area contributed by atoms with Crippen LogP contribution in [-0.2, 0) is 11.3 Å². The molecule has 2 N–H and O–H groups in total. The van der Waals surface area contributed by atoms with E-state index in [4.69, 9.17) is 16.1 Å². The zero-order valence-corrected chi connectivity index (χ0v) is 18.9. The van der Waals surface area contributed by atoms with E-state index in [1.54, 1.807) is 26.1 Å². The monoisotopic (exact) mass is 518 g/mol. The average molecular weight is 519 g/mol. The van der Waals surface area contributed by atoms with Gasteiger partial charge in [0.2, 0.25) is 17.6 Å². The normalized spacial score (nSPS) is 15.1. The lowest BCUT2D eigenvalue weighted by molar-refractivity contribution is -0.129. The summed E-state index contributed by atoms with van der Waals surface area (Å²) in [5.74, 6) is 1.78. The fourth-order valence-corrected chi connectivity index (χ4v) is 3.05. The second-order valence-corrected chi connectivity index (χ2v) is 6.81. The molecule has 0 saturated carbocycles. The molecule has 28 heavy (non-hydrogen) atoms. The van der Waals surface area contributed by atoms with Gasteiger partial charge in [-0.3, -0.25) is 9.79 Å². The molecule has 0 atom stereocenters. The van der Waals surface area contributed by atoms with Crippen molar-refractivity contribution in [2.75, 3.05) is 20.1 Å². The van der Waals surface area contributed by atoms with Crippen LogP contribution in [-0.4, -0.2) is 53.1 Å². The van der Waals surface area contributed by atoms with Crippen LogP contribution in [0.3, 0.4) is 0 Å². The Morgan fingerprint density at radius 2 is 2.00 bits per heavy atom. The molecule has 1 aromatic heterocycles. The van der Waals surface area contributed by atoms with Crippen LogP contribution in [0.15, 0.2) is 33.8 Å². The van der Waals surface area contributed by atoms with Crippen LogP contribution in [0.2, 0.25) is 5.02 Å². The van der Waals surface area contributed by atoms with Gasteiger partial charge in [-0.05, 0) is 37.1 Å². The van der Waals surface area contributed by atoms with Crippen molar-refractivity contribution >= 4 is 47.4 Å². The van der Waals surface area contributed by atoms with Gasteiger partial charge in [-0.2, -0.15) is 4.98 Å². The van der Waals surface area contributed by atoms with Gasteiger partial charge in [0.15, 0.2) is 5.96 Å². The second-order valence-electron chi connectivity index (χ2n) is 6.37. The molecule has 0 bridgehead atoms. The molecular formula is C18H24ClIN6O2. The van der Waals surface area contributed by atoms with Gasteiger partial charge in [-0.1, -0.05) is 16.8 Å². The third-order valence-electron chi connectivity index (χ3n) is 4.48. The Balaban J connectivity index is 0.00000280. The first-order valence-electron chi connectivity index (χ1n) is 8.86. The SMILES string of the molecule is CN=C(NCc1nc(-c2ccc(Cl)cc2)no1)NC1CCN(C(C)=O)CC1.I. The fraction of sp³-hybridized carbons (Fsp3) is 0.444. The van der Waals surface area contributed by atoms with Crippen LogP contribution in [0.25, 0.3) is 11.4 Å². The molecule has 152 valence electrons. The molecule has 1 fully saturated rings. The Morgan fingerprint density at radius 3 is 2.61 bits per heavy atom. The molecule has 1 amide bonds. The highest BCUT2D eigenvalue weighted by Gasteiger charge is 2.21. The van der Waals surface area contributed by atoms with Crippen molar-refractivity contribution in [1.29, 1.82) is 0 Å². The number of rotatable bonds is 4. The molecular weight excluding hydrogens is 495 g/mol. The molecule has 0 unspecified atom stereocenters. The third-order valence-corrected chi connectivity index (χ3v) is 4.73. The number of piperidine rings is 1. The van der Waals surface area contributed by atoms with Crippen LogP contribution in [0, 0.1) is 0 Å². The van der Waals surface area contributed by atoms with Crippen molar-refractivity contribution in [1.82, 2.24) is 25.7 Å². The maximum Gasteiger partial charge on any atom is 0.246 e. The van der Waals surface area contributed by atoms with Crippen molar-refractivity contribution in [2.24, 2.45) is 4.99 Å². The molecule has 0 aliphatic carbocycles. The minimum absolute atomic E-state index is 0. The topological polar surface area (TPSA) is 95.7 Å². The zero-order chi connectivity index (χ0) is 19.2. The van der Waals surface area contributed by atoms with E-state index in [1.165, 1.54) is 0 Å². The van der Waals surface area contributed by atoms with E-state index in [2.05, 4.69) is 25.8 Å². The van der Waals surface area contributed by atoms with Crippen molar-refractivity contribution in [2.45, 2.75) is 32.4 Å². The summed E-state index contributed by atoms with van der Waals surface area (Å²) in [5.41, 5.74) is 0.842. The van der Waals surface area contributed by atoms with Crippen LogP contribution >= 0.6 is 35.6 Å². The number of nitrogens with zero attached hydrogens (tertiary/aromatic N) is 4. The number of hydrogen-bond donors (Lipinski definition) is 2. The first-order valence-corrected chi connectivity index (χ1v) is 9.24. The highest BCUT2D eigenvalue weighted by Crippen LogP contribution is 2.18. The number of halogens is 2. The van der Waals surface area contributed by atoms with Crippen LogP contribution in [0.1, 0.15) is 25.7 Å². The van der Waals surface area contributed by atoms with Crippen LogP contribution in [0.4, 0.5) is 0 Å². The van der Waals surface area contributed by atoms with E-state index >= 15 is 0 Å². The highest BCUT2D eigenvalue weighted by atomic mass is 127. The van der Waals surface area contributed by atoms with Gasteiger partial charge in [-0.25, -0.2) is 0 Å². The Labute approximate surface area is 186 Å². The summed E-state index contributed by atoms with van der Waals surface area (Å²) < 4.78 is 5.29. The lowest BCUT2D eigenvalue weighted by Crippen LogP contribution is -2.49. The lowest BCUT2D eigenvalue weighted by atomic mass is 10.1. The van der Waals surface area contributed by atoms with Gasteiger partial charge in [-0.15, -0.1) is 24.0 Å². The third kappa shape index (κ3) is 6.06. The minimum atomic E-state index is 0. The Kier molecular flexibility index (Phi) is 8.49. The molecule has 8 nitrogen and oxygen atoms in total. The molecule has 1 aromatic carbocycles. The van der Waals surface area contributed by atoms with Crippen molar-refractivity contribution in [3.8, 4) is 11.4 Å². The summed E-state index contributed by atoms with van der Waals surface area (Å²) in [7, 11) is 1.72. The molecule has 3 rings (SSSR count). The quantitative estimate of drug-likeness (QED) is 0.367. The summed E-state index contributed by atoms with van der Waals surface area (Å²) in [5, 5.41) is 11.2. The molecule has 2 heterocycles. The predicted octanol–water partition coefficient (Wildman–Crippen LogP) is 2.68. The van der Waals surface area contributed by atoms with Gasteiger partial charge >= 0.3 is 0 Å². The summed E-state index contributed by atoms with van der Waals surface area (Å²) in [4.78, 5) is 21.9. The number of amides is 1. The van der Waals surface area contributed by atoms with Crippen molar-refractivity contribution in [3.63, 3.8) is 0 Å². The Hall–Kier alpha value is -1.88. The van der Waals surface area contributed by atoms with E-state index in [9.17, 15) is 4.79 Å². The van der Waals surface area contributed by atoms with Gasteiger partial charge in [0.1, 0.15) is 0 Å². The summed E-state index contributed by atoms with van der Waals surface area (Å²) in [6.07, 6.45) is 1.78. The number of aromatic nitrogens is 2. The standard InChI is InChI=1S/C18H23ClN6O2.HI/c1-12(26)25-9-7-15(8-10-25)22-18(20-2)21-11-16-23-17(24-27-16)13-3-5-14(19)6-4-13;/h3-6,15H,7-11H2,1-2H3,(H2,20,21,22);1H. The zero-order valence-electron chi connectivity index (χ0n) is 15.8. The highest BCUT2D eigenvalue weighted by molar-refractivity contribution is 14.0. The Bertz CT molecular complexity index is 803. The first kappa shape index (κ1) is 22.4. The van der Waals surface area contributed by atoms with E-state index in [1.807, 2.05) is 17.0 Å². The van der Waals surface area contributed by atoms with Gasteiger partial charge in [0, 0.05) is 43.7 Å². The number of guanidine groups is 1. The van der Waals surface area contributed by atoms with Crippen LogP contribution < -0.4 is 10.6 Å². The van der Waals surface area contributed by atoms with Gasteiger partial charge in [0.25, 0.3) is 0 Å². The van der Waals surface area contributed by atoms with E-state index in [-0.39, 0.29) is 35.9 Å². The van der Waals surface area contributed by atoms with Gasteiger partial charge in [0.05, 0.1) is 6.54 Å². The summed E-state index contributed by atoms with van der Waals surface area (Å²) >= 11 is 5.89. The van der Waals surface area contributed by atoms with E-state index in [0.717, 1.165) is 31.5 Å². The molecule has 1 aliphatic heterocycles. The number of carbonyl (C=O) groups excluding carboxylic acids is 1.